The van der Waals surface area contributed by atoms with Crippen LogP contribution in [0, 0.1) is 5.92 Å². The number of benzene rings is 2. The number of ether oxygens (including phenoxy) is 1. The van der Waals surface area contributed by atoms with Crippen molar-refractivity contribution >= 4 is 17.2 Å². The Hall–Kier alpha value is -2.85. The highest BCUT2D eigenvalue weighted by molar-refractivity contribution is 6.12. The van der Waals surface area contributed by atoms with Crippen LogP contribution in [0.4, 0.5) is 5.69 Å². The molecule has 0 fully saturated rings. The first-order valence-electron chi connectivity index (χ1n) is 8.28. The number of amides is 1. The van der Waals surface area contributed by atoms with E-state index in [-0.39, 0.29) is 11.8 Å². The van der Waals surface area contributed by atoms with E-state index >= 15 is 0 Å². The molecule has 1 unspecified atom stereocenters. The lowest BCUT2D eigenvalue weighted by Crippen LogP contribution is -2.27. The lowest BCUT2D eigenvalue weighted by molar-refractivity contribution is -0.113. The zero-order valence-corrected chi connectivity index (χ0v) is 14.3. The normalized spacial score (nSPS) is 17.1. The Kier molecular flexibility index (Phi) is 5.00. The Balaban J connectivity index is 2.09. The van der Waals surface area contributed by atoms with Gasteiger partial charge < -0.3 is 15.2 Å². The van der Waals surface area contributed by atoms with E-state index in [0.717, 1.165) is 11.1 Å². The van der Waals surface area contributed by atoms with Crippen LogP contribution in [0.25, 0.3) is 5.57 Å². The van der Waals surface area contributed by atoms with Crippen molar-refractivity contribution in [2.45, 2.75) is 20.1 Å². The molecule has 1 aliphatic rings. The minimum atomic E-state index is -1.18. The topological polar surface area (TPSA) is 58.6 Å². The van der Waals surface area contributed by atoms with Gasteiger partial charge in [0.25, 0.3) is 5.91 Å². The summed E-state index contributed by atoms with van der Waals surface area (Å²) < 4.78 is 5.41. The number of anilines is 1. The minimum absolute atomic E-state index is 0.0720. The van der Waals surface area contributed by atoms with Crippen molar-refractivity contribution in [2.75, 3.05) is 5.32 Å². The SMILES string of the molecule is CC(C)C1=COC(O)C(c2ccccc2)=C1C(=O)Nc1ccccc1. The lowest BCUT2D eigenvalue weighted by Gasteiger charge is -2.27. The quantitative estimate of drug-likeness (QED) is 0.889. The van der Waals surface area contributed by atoms with Gasteiger partial charge in [0.1, 0.15) is 0 Å². The second-order valence-electron chi connectivity index (χ2n) is 6.19. The first-order chi connectivity index (χ1) is 12.1. The minimum Gasteiger partial charge on any atom is -0.468 e. The summed E-state index contributed by atoms with van der Waals surface area (Å²) in [5.41, 5.74) is 3.18. The molecule has 3 rings (SSSR count). The summed E-state index contributed by atoms with van der Waals surface area (Å²) in [6, 6.07) is 18.6. The molecule has 0 radical (unpaired) electrons. The van der Waals surface area contributed by atoms with Gasteiger partial charge in [-0.2, -0.15) is 0 Å². The van der Waals surface area contributed by atoms with E-state index in [1.54, 1.807) is 0 Å². The number of para-hydroxylation sites is 1. The van der Waals surface area contributed by atoms with Gasteiger partial charge in [-0.15, -0.1) is 0 Å². The predicted octanol–water partition coefficient (Wildman–Crippen LogP) is 3.97. The standard InChI is InChI=1S/C21H21NO3/c1-14(2)17-13-25-21(24)18(15-9-5-3-6-10-15)19(17)20(23)22-16-11-7-4-8-12-16/h3-14,21,24H,1-2H3,(H,22,23). The number of carbonyl (C=O) groups excluding carboxylic acids is 1. The molecule has 4 nitrogen and oxygen atoms in total. The van der Waals surface area contributed by atoms with E-state index < -0.39 is 6.29 Å². The van der Waals surface area contributed by atoms with Crippen molar-refractivity contribution in [1.82, 2.24) is 0 Å². The summed E-state index contributed by atoms with van der Waals surface area (Å²) in [5, 5.41) is 13.3. The monoisotopic (exact) mass is 335 g/mol. The number of aliphatic hydroxyl groups is 1. The summed E-state index contributed by atoms with van der Waals surface area (Å²) in [4.78, 5) is 13.0. The molecule has 0 aliphatic carbocycles. The molecule has 0 spiro atoms. The fourth-order valence-electron chi connectivity index (χ4n) is 2.84. The number of aliphatic hydroxyl groups excluding tert-OH is 1. The molecule has 0 aromatic heterocycles. The number of hydrogen-bond acceptors (Lipinski definition) is 3. The van der Waals surface area contributed by atoms with Crippen molar-refractivity contribution in [3.63, 3.8) is 0 Å². The Labute approximate surface area is 147 Å². The van der Waals surface area contributed by atoms with Crippen molar-refractivity contribution in [3.05, 3.63) is 83.6 Å². The van der Waals surface area contributed by atoms with Crippen molar-refractivity contribution in [2.24, 2.45) is 5.92 Å². The molecule has 2 aromatic rings. The lowest BCUT2D eigenvalue weighted by atomic mass is 9.87. The summed E-state index contributed by atoms with van der Waals surface area (Å²) in [6.07, 6.45) is 0.309. The highest BCUT2D eigenvalue weighted by Gasteiger charge is 2.31. The van der Waals surface area contributed by atoms with Gasteiger partial charge in [-0.05, 0) is 23.6 Å². The van der Waals surface area contributed by atoms with E-state index in [1.165, 1.54) is 6.26 Å². The van der Waals surface area contributed by atoms with Crippen LogP contribution in [-0.4, -0.2) is 17.3 Å². The summed E-state index contributed by atoms with van der Waals surface area (Å²) in [7, 11) is 0. The maximum Gasteiger partial charge on any atom is 0.256 e. The molecule has 1 amide bonds. The molecule has 1 aliphatic heterocycles. The van der Waals surface area contributed by atoms with Crippen LogP contribution in [0.2, 0.25) is 0 Å². The van der Waals surface area contributed by atoms with Gasteiger partial charge in [0.2, 0.25) is 6.29 Å². The van der Waals surface area contributed by atoms with Crippen molar-refractivity contribution in [1.29, 1.82) is 0 Å². The Morgan fingerprint density at radius 2 is 1.64 bits per heavy atom. The van der Waals surface area contributed by atoms with E-state index in [2.05, 4.69) is 5.32 Å². The maximum absolute atomic E-state index is 13.0. The Bertz CT molecular complexity index is 808. The summed E-state index contributed by atoms with van der Waals surface area (Å²) in [6.45, 7) is 3.98. The molecule has 25 heavy (non-hydrogen) atoms. The zero-order valence-electron chi connectivity index (χ0n) is 14.3. The fraction of sp³-hybridized carbons (Fsp3) is 0.190. The van der Waals surface area contributed by atoms with Gasteiger partial charge in [0.05, 0.1) is 11.8 Å². The van der Waals surface area contributed by atoms with Gasteiger partial charge in [0.15, 0.2) is 0 Å². The Morgan fingerprint density at radius 1 is 1.04 bits per heavy atom. The average molecular weight is 335 g/mol. The van der Waals surface area contributed by atoms with Crippen LogP contribution in [-0.2, 0) is 9.53 Å². The van der Waals surface area contributed by atoms with E-state index in [4.69, 9.17) is 4.74 Å². The molecule has 0 bridgehead atoms. The van der Waals surface area contributed by atoms with Crippen LogP contribution in [0.15, 0.2) is 78.1 Å². The molecular formula is C21H21NO3. The zero-order chi connectivity index (χ0) is 17.8. The molecule has 1 atom stereocenters. The first-order valence-corrected chi connectivity index (χ1v) is 8.28. The van der Waals surface area contributed by atoms with Gasteiger partial charge >= 0.3 is 0 Å². The molecular weight excluding hydrogens is 314 g/mol. The third-order valence-corrected chi connectivity index (χ3v) is 4.09. The molecule has 2 N–H and O–H groups in total. The van der Waals surface area contributed by atoms with Gasteiger partial charge in [-0.25, -0.2) is 0 Å². The third-order valence-electron chi connectivity index (χ3n) is 4.09. The maximum atomic E-state index is 13.0. The molecule has 0 saturated carbocycles. The molecule has 1 heterocycles. The van der Waals surface area contributed by atoms with E-state index in [1.807, 2.05) is 74.5 Å². The van der Waals surface area contributed by atoms with Crippen LogP contribution in [0.3, 0.4) is 0 Å². The fourth-order valence-corrected chi connectivity index (χ4v) is 2.84. The van der Waals surface area contributed by atoms with Gasteiger partial charge in [-0.1, -0.05) is 62.4 Å². The summed E-state index contributed by atoms with van der Waals surface area (Å²) in [5.74, 6) is -0.185. The van der Waals surface area contributed by atoms with Crippen molar-refractivity contribution < 1.29 is 14.6 Å². The van der Waals surface area contributed by atoms with Crippen molar-refractivity contribution in [3.8, 4) is 0 Å². The molecule has 0 saturated heterocycles. The second-order valence-corrected chi connectivity index (χ2v) is 6.19. The third kappa shape index (κ3) is 3.64. The number of hydrogen-bond donors (Lipinski definition) is 2. The molecule has 4 heteroatoms. The molecule has 2 aromatic carbocycles. The van der Waals surface area contributed by atoms with Gasteiger partial charge in [0, 0.05) is 16.8 Å². The smallest absolute Gasteiger partial charge is 0.256 e. The van der Waals surface area contributed by atoms with Crippen LogP contribution < -0.4 is 5.32 Å². The van der Waals surface area contributed by atoms with E-state index in [0.29, 0.717) is 16.8 Å². The summed E-state index contributed by atoms with van der Waals surface area (Å²) >= 11 is 0. The van der Waals surface area contributed by atoms with Crippen LogP contribution >= 0.6 is 0 Å². The highest BCUT2D eigenvalue weighted by Crippen LogP contribution is 2.35. The first kappa shape index (κ1) is 17.0. The molecule has 128 valence electrons. The second kappa shape index (κ2) is 7.36. The number of rotatable bonds is 4. The average Bonchev–Trinajstić information content (AvgIpc) is 2.62. The van der Waals surface area contributed by atoms with Crippen LogP contribution in [0.1, 0.15) is 19.4 Å². The Morgan fingerprint density at radius 3 is 2.24 bits per heavy atom. The predicted molar refractivity (Wildman–Crippen MR) is 98.4 cm³/mol. The number of carbonyl (C=O) groups is 1. The highest BCUT2D eigenvalue weighted by atomic mass is 16.6. The number of nitrogens with one attached hydrogen (secondary N) is 1. The van der Waals surface area contributed by atoms with Gasteiger partial charge in [-0.3, -0.25) is 4.79 Å². The largest absolute Gasteiger partial charge is 0.468 e. The van der Waals surface area contributed by atoms with Crippen LogP contribution in [0.5, 0.6) is 0 Å². The van der Waals surface area contributed by atoms with E-state index in [9.17, 15) is 9.90 Å².